The Morgan fingerprint density at radius 3 is 2.92 bits per heavy atom. The molecule has 1 saturated heterocycles. The van der Waals surface area contributed by atoms with Crippen LogP contribution in [0.25, 0.3) is 10.9 Å². The predicted octanol–water partition coefficient (Wildman–Crippen LogP) is 1.96. The van der Waals surface area contributed by atoms with Crippen LogP contribution in [0.5, 0.6) is 0 Å². The van der Waals surface area contributed by atoms with Gasteiger partial charge < -0.3 is 19.0 Å². The highest BCUT2D eigenvalue weighted by molar-refractivity contribution is 5.88. The van der Waals surface area contributed by atoms with Crippen LogP contribution in [0.3, 0.4) is 0 Å². The highest BCUT2D eigenvalue weighted by atomic mass is 16.4. The summed E-state index contributed by atoms with van der Waals surface area (Å²) >= 11 is 0. The monoisotopic (exact) mass is 322 g/mol. The van der Waals surface area contributed by atoms with Gasteiger partial charge in [0.05, 0.1) is 31.3 Å². The molecule has 2 bridgehead atoms. The SMILES string of the molecule is C/C=C1/C[N@+]2(C)CCc3c4n(c5ccccc35)[C@@H](C(=O)[O-])[C@H]1C[C@@H]42. The summed E-state index contributed by atoms with van der Waals surface area (Å²) in [5.41, 5.74) is 5.00. The van der Waals surface area contributed by atoms with Gasteiger partial charge in [0.2, 0.25) is 0 Å². The van der Waals surface area contributed by atoms with E-state index >= 15 is 0 Å². The number of rotatable bonds is 1. The second kappa shape index (κ2) is 4.51. The maximum atomic E-state index is 12.1. The molecule has 0 radical (unpaired) electrons. The number of aromatic nitrogens is 1. The second-order valence-electron chi connectivity index (χ2n) is 7.85. The number of benzene rings is 1. The van der Waals surface area contributed by atoms with Gasteiger partial charge in [0, 0.05) is 29.7 Å². The maximum absolute atomic E-state index is 12.1. The molecule has 1 aromatic heterocycles. The summed E-state index contributed by atoms with van der Waals surface area (Å²) in [5, 5.41) is 13.4. The molecule has 3 aliphatic rings. The third-order valence-electron chi connectivity index (χ3n) is 6.77. The Morgan fingerprint density at radius 2 is 2.17 bits per heavy atom. The van der Waals surface area contributed by atoms with Crippen molar-refractivity contribution in [1.29, 1.82) is 0 Å². The van der Waals surface area contributed by atoms with Gasteiger partial charge in [-0.25, -0.2) is 0 Å². The van der Waals surface area contributed by atoms with Crippen LogP contribution in [0, 0.1) is 5.92 Å². The van der Waals surface area contributed by atoms with Crippen molar-refractivity contribution in [1.82, 2.24) is 4.57 Å². The number of likely N-dealkylation sites (N-methyl/N-ethyl adjacent to an activating group) is 1. The van der Waals surface area contributed by atoms with Crippen molar-refractivity contribution in [2.75, 3.05) is 20.1 Å². The minimum absolute atomic E-state index is 0.0606. The minimum Gasteiger partial charge on any atom is -0.548 e. The van der Waals surface area contributed by atoms with E-state index in [1.807, 2.05) is 13.0 Å². The molecule has 2 aromatic rings. The molecule has 3 aliphatic heterocycles. The second-order valence-corrected chi connectivity index (χ2v) is 7.85. The zero-order valence-electron chi connectivity index (χ0n) is 14.2. The smallest absolute Gasteiger partial charge is 0.131 e. The summed E-state index contributed by atoms with van der Waals surface area (Å²) in [5.74, 6) is -0.881. The molecule has 124 valence electrons. The first-order chi connectivity index (χ1) is 11.5. The van der Waals surface area contributed by atoms with Crippen molar-refractivity contribution >= 4 is 16.9 Å². The molecular formula is C20H22N2O2. The summed E-state index contributed by atoms with van der Waals surface area (Å²) in [7, 11) is 2.34. The maximum Gasteiger partial charge on any atom is 0.131 e. The average molecular weight is 322 g/mol. The van der Waals surface area contributed by atoms with Crippen LogP contribution in [-0.2, 0) is 11.2 Å². The van der Waals surface area contributed by atoms with Crippen LogP contribution in [0.2, 0.25) is 0 Å². The molecule has 4 heterocycles. The average Bonchev–Trinajstić information content (AvgIpc) is 2.90. The molecule has 0 saturated carbocycles. The Morgan fingerprint density at radius 1 is 1.38 bits per heavy atom. The zero-order valence-corrected chi connectivity index (χ0v) is 14.2. The van der Waals surface area contributed by atoms with E-state index in [1.165, 1.54) is 22.2 Å². The van der Waals surface area contributed by atoms with Gasteiger partial charge in [0.25, 0.3) is 0 Å². The fourth-order valence-electron chi connectivity index (χ4n) is 5.66. The molecule has 1 fully saturated rings. The number of fused-ring (bicyclic) bond motifs is 4. The van der Waals surface area contributed by atoms with E-state index in [9.17, 15) is 9.90 Å². The van der Waals surface area contributed by atoms with E-state index in [1.54, 1.807) is 0 Å². The molecular weight excluding hydrogens is 300 g/mol. The van der Waals surface area contributed by atoms with E-state index in [2.05, 4.69) is 35.9 Å². The fraction of sp³-hybridized carbons (Fsp3) is 0.450. The van der Waals surface area contributed by atoms with Crippen molar-refractivity contribution in [3.05, 3.63) is 47.2 Å². The Bertz CT molecular complexity index is 910. The molecule has 5 rings (SSSR count). The van der Waals surface area contributed by atoms with Gasteiger partial charge in [0.15, 0.2) is 0 Å². The molecule has 4 heteroatoms. The number of piperidine rings is 1. The van der Waals surface area contributed by atoms with Gasteiger partial charge in [-0.3, -0.25) is 0 Å². The topological polar surface area (TPSA) is 45.1 Å². The number of carboxylic acids is 1. The molecule has 1 aromatic carbocycles. The summed E-state index contributed by atoms with van der Waals surface area (Å²) < 4.78 is 3.14. The molecule has 0 N–H and O–H groups in total. The Balaban J connectivity index is 1.91. The number of carbonyl (C=O) groups excluding carboxylic acids is 1. The van der Waals surface area contributed by atoms with Gasteiger partial charge in [-0.15, -0.1) is 0 Å². The third-order valence-corrected chi connectivity index (χ3v) is 6.77. The van der Waals surface area contributed by atoms with Crippen molar-refractivity contribution < 1.29 is 14.4 Å². The summed E-state index contributed by atoms with van der Waals surface area (Å²) in [6, 6.07) is 8.13. The molecule has 4 atom stereocenters. The largest absolute Gasteiger partial charge is 0.548 e. The number of quaternary nitrogens is 1. The lowest BCUT2D eigenvalue weighted by molar-refractivity contribution is -0.943. The number of hydrogen-bond acceptors (Lipinski definition) is 2. The molecule has 0 unspecified atom stereocenters. The summed E-state index contributed by atoms with van der Waals surface area (Å²) in [6.45, 7) is 4.15. The number of para-hydroxylation sites is 1. The Labute approximate surface area is 141 Å². The number of carbonyl (C=O) groups is 1. The van der Waals surface area contributed by atoms with Crippen molar-refractivity contribution in [2.45, 2.75) is 31.8 Å². The summed E-state index contributed by atoms with van der Waals surface area (Å²) in [4.78, 5) is 12.1. The van der Waals surface area contributed by atoms with Crippen LogP contribution >= 0.6 is 0 Å². The fourth-order valence-corrected chi connectivity index (χ4v) is 5.66. The molecule has 0 amide bonds. The van der Waals surface area contributed by atoms with E-state index in [4.69, 9.17) is 0 Å². The zero-order chi connectivity index (χ0) is 16.6. The first-order valence-electron chi connectivity index (χ1n) is 8.87. The quantitative estimate of drug-likeness (QED) is 0.595. The third kappa shape index (κ3) is 1.55. The standard InChI is InChI=1S/C20H22N2O2/c1-3-12-11-22(2)9-8-14-13-6-4-5-7-16(13)21-18(14)17(22)10-15(12)19(21)20(23)24/h3-7,15,17,19H,8-11H2,1-2H3/b12-3-/t15-,17-,19+,22-/m0/s1. The van der Waals surface area contributed by atoms with Gasteiger partial charge in [-0.05, 0) is 24.1 Å². The van der Waals surface area contributed by atoms with Gasteiger partial charge in [0.1, 0.15) is 12.6 Å². The number of allylic oxidation sites excluding steroid dienone is 1. The number of hydrogen-bond donors (Lipinski definition) is 0. The Hall–Kier alpha value is -2.07. The molecule has 24 heavy (non-hydrogen) atoms. The summed E-state index contributed by atoms with van der Waals surface area (Å²) in [6.07, 6.45) is 4.10. The van der Waals surface area contributed by atoms with Gasteiger partial charge >= 0.3 is 0 Å². The predicted molar refractivity (Wildman–Crippen MR) is 90.2 cm³/mol. The van der Waals surface area contributed by atoms with Crippen LogP contribution in [0.15, 0.2) is 35.9 Å². The number of nitrogens with zero attached hydrogens (tertiary/aromatic N) is 2. The van der Waals surface area contributed by atoms with Crippen LogP contribution < -0.4 is 5.11 Å². The van der Waals surface area contributed by atoms with Crippen molar-refractivity contribution in [3.63, 3.8) is 0 Å². The Kier molecular flexibility index (Phi) is 2.69. The lowest BCUT2D eigenvalue weighted by atomic mass is 9.73. The lowest BCUT2D eigenvalue weighted by Gasteiger charge is -2.55. The first-order valence-corrected chi connectivity index (χ1v) is 8.87. The van der Waals surface area contributed by atoms with E-state index in [0.717, 1.165) is 35.9 Å². The molecule has 0 aliphatic carbocycles. The van der Waals surface area contributed by atoms with Gasteiger partial charge in [-0.1, -0.05) is 24.3 Å². The molecule has 4 nitrogen and oxygen atoms in total. The van der Waals surface area contributed by atoms with Crippen molar-refractivity contribution in [2.24, 2.45) is 5.92 Å². The van der Waals surface area contributed by atoms with E-state index in [0.29, 0.717) is 6.04 Å². The minimum atomic E-state index is -0.942. The number of aliphatic carboxylic acids is 1. The van der Waals surface area contributed by atoms with E-state index in [-0.39, 0.29) is 5.92 Å². The van der Waals surface area contributed by atoms with E-state index < -0.39 is 12.0 Å². The molecule has 0 spiro atoms. The highest BCUT2D eigenvalue weighted by Crippen LogP contribution is 2.55. The lowest BCUT2D eigenvalue weighted by Crippen LogP contribution is -2.60. The van der Waals surface area contributed by atoms with Gasteiger partial charge in [-0.2, -0.15) is 0 Å². The van der Waals surface area contributed by atoms with Crippen molar-refractivity contribution in [3.8, 4) is 0 Å². The van der Waals surface area contributed by atoms with Crippen LogP contribution in [0.1, 0.15) is 36.7 Å². The van der Waals surface area contributed by atoms with Crippen LogP contribution in [0.4, 0.5) is 0 Å². The normalized spacial score (nSPS) is 35.4. The number of carboxylic acid groups (broad SMARTS) is 1. The highest BCUT2D eigenvalue weighted by Gasteiger charge is 2.54. The first kappa shape index (κ1) is 14.3. The van der Waals surface area contributed by atoms with Crippen LogP contribution in [-0.4, -0.2) is 35.2 Å².